The SMILES string of the molecule is Cc1cccc(CCS(=O)(=O)NC(C)C(Cc2ccc(Cl)cc2Cl)c2ccc(Cl)cc2)c1C. The maximum absolute atomic E-state index is 13.0. The molecule has 33 heavy (non-hydrogen) atoms. The van der Waals surface area contributed by atoms with E-state index in [4.69, 9.17) is 34.8 Å². The van der Waals surface area contributed by atoms with Gasteiger partial charge in [-0.25, -0.2) is 13.1 Å². The van der Waals surface area contributed by atoms with Crippen LogP contribution in [0.25, 0.3) is 0 Å². The Kier molecular flexibility index (Phi) is 8.88. The number of rotatable bonds is 9. The molecule has 3 rings (SSSR count). The molecule has 3 aromatic carbocycles. The maximum Gasteiger partial charge on any atom is 0.212 e. The van der Waals surface area contributed by atoms with Gasteiger partial charge in [0.1, 0.15) is 0 Å². The molecule has 176 valence electrons. The highest BCUT2D eigenvalue weighted by Crippen LogP contribution is 2.30. The summed E-state index contributed by atoms with van der Waals surface area (Å²) in [4.78, 5) is 0. The Bertz CT molecular complexity index is 1210. The van der Waals surface area contributed by atoms with E-state index in [9.17, 15) is 8.42 Å². The van der Waals surface area contributed by atoms with Crippen LogP contribution in [0.5, 0.6) is 0 Å². The molecule has 0 fully saturated rings. The lowest BCUT2D eigenvalue weighted by Crippen LogP contribution is -2.39. The fourth-order valence-corrected chi connectivity index (χ4v) is 5.92. The zero-order valence-corrected chi connectivity index (χ0v) is 22.0. The first-order chi connectivity index (χ1) is 15.6. The largest absolute Gasteiger partial charge is 0.212 e. The summed E-state index contributed by atoms with van der Waals surface area (Å²) in [6.07, 6.45) is 1.02. The Balaban J connectivity index is 1.80. The molecule has 3 nitrogen and oxygen atoms in total. The number of hydrogen-bond acceptors (Lipinski definition) is 2. The van der Waals surface area contributed by atoms with E-state index in [-0.39, 0.29) is 17.7 Å². The Hall–Kier alpha value is -1.56. The first-order valence-corrected chi connectivity index (χ1v) is 13.6. The van der Waals surface area contributed by atoms with Crippen LogP contribution in [0.15, 0.2) is 60.7 Å². The van der Waals surface area contributed by atoms with E-state index in [1.807, 2.05) is 69.3 Å². The minimum Gasteiger partial charge on any atom is -0.212 e. The lowest BCUT2D eigenvalue weighted by molar-refractivity contribution is 0.503. The van der Waals surface area contributed by atoms with Crippen LogP contribution in [-0.2, 0) is 22.9 Å². The molecule has 1 N–H and O–H groups in total. The maximum atomic E-state index is 13.0. The fraction of sp³-hybridized carbons (Fsp3) is 0.308. The van der Waals surface area contributed by atoms with E-state index in [1.54, 1.807) is 12.1 Å². The van der Waals surface area contributed by atoms with Crippen LogP contribution in [0.2, 0.25) is 15.1 Å². The van der Waals surface area contributed by atoms with Crippen molar-refractivity contribution in [2.75, 3.05) is 5.75 Å². The van der Waals surface area contributed by atoms with Crippen LogP contribution in [-0.4, -0.2) is 20.2 Å². The predicted molar refractivity (Wildman–Crippen MR) is 140 cm³/mol. The average molecular weight is 525 g/mol. The van der Waals surface area contributed by atoms with Gasteiger partial charge in [0.05, 0.1) is 5.75 Å². The summed E-state index contributed by atoms with van der Waals surface area (Å²) in [5, 5.41) is 1.75. The molecule has 0 aliphatic heterocycles. The van der Waals surface area contributed by atoms with Crippen molar-refractivity contribution in [3.05, 3.63) is 104 Å². The van der Waals surface area contributed by atoms with Crippen molar-refractivity contribution >= 4 is 44.8 Å². The summed E-state index contributed by atoms with van der Waals surface area (Å²) in [5.41, 5.74) is 5.24. The number of hydrogen-bond donors (Lipinski definition) is 1. The second-order valence-electron chi connectivity index (χ2n) is 8.43. The van der Waals surface area contributed by atoms with Crippen LogP contribution >= 0.6 is 34.8 Å². The molecule has 0 saturated carbocycles. The molecule has 0 aliphatic carbocycles. The number of nitrogens with one attached hydrogen (secondary N) is 1. The number of aryl methyl sites for hydroxylation is 2. The molecule has 7 heteroatoms. The Labute approximate surface area is 212 Å². The molecule has 2 unspecified atom stereocenters. The van der Waals surface area contributed by atoms with Gasteiger partial charge in [-0.1, -0.05) is 71.2 Å². The molecule has 0 spiro atoms. The minimum atomic E-state index is -3.51. The summed E-state index contributed by atoms with van der Waals surface area (Å²) in [5.74, 6) is -0.118. The zero-order valence-electron chi connectivity index (χ0n) is 18.9. The zero-order chi connectivity index (χ0) is 24.2. The molecule has 0 heterocycles. The van der Waals surface area contributed by atoms with E-state index >= 15 is 0 Å². The Morgan fingerprint density at radius 2 is 1.55 bits per heavy atom. The Morgan fingerprint density at radius 3 is 2.21 bits per heavy atom. The number of halogens is 3. The number of benzene rings is 3. The van der Waals surface area contributed by atoms with E-state index in [1.165, 1.54) is 0 Å². The molecule has 2 atom stereocenters. The third kappa shape index (κ3) is 7.21. The molecular formula is C26H28Cl3NO2S. The van der Waals surface area contributed by atoms with E-state index < -0.39 is 10.0 Å². The monoisotopic (exact) mass is 523 g/mol. The van der Waals surface area contributed by atoms with Crippen molar-refractivity contribution in [3.63, 3.8) is 0 Å². The minimum absolute atomic E-state index is 0.0245. The molecule has 0 aromatic heterocycles. The summed E-state index contributed by atoms with van der Waals surface area (Å²) < 4.78 is 28.9. The quantitative estimate of drug-likeness (QED) is 0.323. The molecule has 0 aliphatic rings. The normalized spacial score (nSPS) is 13.6. The van der Waals surface area contributed by atoms with Gasteiger partial charge >= 0.3 is 0 Å². The topological polar surface area (TPSA) is 46.2 Å². The molecule has 0 saturated heterocycles. The summed E-state index contributed by atoms with van der Waals surface area (Å²) in [6.45, 7) is 5.95. The second kappa shape index (κ2) is 11.2. The summed E-state index contributed by atoms with van der Waals surface area (Å²) >= 11 is 18.6. The van der Waals surface area contributed by atoms with Gasteiger partial charge < -0.3 is 0 Å². The van der Waals surface area contributed by atoms with Gasteiger partial charge in [0.15, 0.2) is 0 Å². The molecule has 0 bridgehead atoms. The third-order valence-electron chi connectivity index (χ3n) is 6.08. The van der Waals surface area contributed by atoms with Crippen LogP contribution in [0.1, 0.15) is 40.7 Å². The second-order valence-corrected chi connectivity index (χ2v) is 11.6. The molecule has 3 aromatic rings. The van der Waals surface area contributed by atoms with E-state index in [0.717, 1.165) is 27.8 Å². The first-order valence-electron chi connectivity index (χ1n) is 10.8. The average Bonchev–Trinajstić information content (AvgIpc) is 2.75. The van der Waals surface area contributed by atoms with Crippen LogP contribution in [0, 0.1) is 13.8 Å². The van der Waals surface area contributed by atoms with Gasteiger partial charge in [0.25, 0.3) is 0 Å². The lowest BCUT2D eigenvalue weighted by atomic mass is 9.87. The summed E-state index contributed by atoms with van der Waals surface area (Å²) in [7, 11) is -3.51. The van der Waals surface area contributed by atoms with Crippen molar-refractivity contribution in [1.29, 1.82) is 0 Å². The van der Waals surface area contributed by atoms with Crippen molar-refractivity contribution < 1.29 is 8.42 Å². The first kappa shape index (κ1) is 26.1. The van der Waals surface area contributed by atoms with E-state index in [0.29, 0.717) is 27.9 Å². The highest BCUT2D eigenvalue weighted by molar-refractivity contribution is 7.89. The predicted octanol–water partition coefficient (Wildman–Crippen LogP) is 7.14. The Morgan fingerprint density at radius 1 is 0.879 bits per heavy atom. The highest BCUT2D eigenvalue weighted by Gasteiger charge is 2.25. The van der Waals surface area contributed by atoms with Gasteiger partial charge in [0.2, 0.25) is 10.0 Å². The van der Waals surface area contributed by atoms with Gasteiger partial charge in [0, 0.05) is 27.0 Å². The standard InChI is InChI=1S/C26H28Cl3NO2S/c1-17-5-4-6-20(18(17)2)13-14-33(31,32)30-19(3)25(21-7-10-23(27)11-8-21)15-22-9-12-24(28)16-26(22)29/h4-12,16,19,25,30H,13-15H2,1-3H3. The van der Waals surface area contributed by atoms with Crippen molar-refractivity contribution in [2.24, 2.45) is 0 Å². The van der Waals surface area contributed by atoms with Crippen molar-refractivity contribution in [3.8, 4) is 0 Å². The summed E-state index contributed by atoms with van der Waals surface area (Å²) in [6, 6.07) is 18.5. The number of sulfonamides is 1. The van der Waals surface area contributed by atoms with Gasteiger partial charge in [-0.05, 0) is 85.7 Å². The van der Waals surface area contributed by atoms with Crippen molar-refractivity contribution in [2.45, 2.75) is 45.6 Å². The fourth-order valence-electron chi connectivity index (χ4n) is 3.97. The molecule has 0 amide bonds. The van der Waals surface area contributed by atoms with Crippen LogP contribution < -0.4 is 4.72 Å². The van der Waals surface area contributed by atoms with Crippen molar-refractivity contribution in [1.82, 2.24) is 4.72 Å². The smallest absolute Gasteiger partial charge is 0.212 e. The third-order valence-corrected chi connectivity index (χ3v) is 8.39. The lowest BCUT2D eigenvalue weighted by Gasteiger charge is -2.26. The molecule has 0 radical (unpaired) electrons. The van der Waals surface area contributed by atoms with Gasteiger partial charge in [-0.2, -0.15) is 0 Å². The van der Waals surface area contributed by atoms with Gasteiger partial charge in [-0.3, -0.25) is 0 Å². The van der Waals surface area contributed by atoms with E-state index in [2.05, 4.69) is 4.72 Å². The van der Waals surface area contributed by atoms with Crippen LogP contribution in [0.4, 0.5) is 0 Å². The molecular weight excluding hydrogens is 497 g/mol. The highest BCUT2D eigenvalue weighted by atomic mass is 35.5. The van der Waals surface area contributed by atoms with Crippen LogP contribution in [0.3, 0.4) is 0 Å². The van der Waals surface area contributed by atoms with Gasteiger partial charge in [-0.15, -0.1) is 0 Å².